The molecule has 1 N–H and O–H groups in total. The molecule has 0 aliphatic rings. The smallest absolute Gasteiger partial charge is 0.196 e. The van der Waals surface area contributed by atoms with Crippen molar-refractivity contribution < 1.29 is 9.15 Å². The Morgan fingerprint density at radius 3 is 2.90 bits per heavy atom. The first-order chi connectivity index (χ1) is 9.60. The summed E-state index contributed by atoms with van der Waals surface area (Å²) >= 11 is 5.95. The van der Waals surface area contributed by atoms with E-state index in [-0.39, 0.29) is 0 Å². The summed E-state index contributed by atoms with van der Waals surface area (Å²) in [6.07, 6.45) is 2.48. The topological polar surface area (TPSA) is 47.3 Å². The minimum atomic E-state index is 0.459. The van der Waals surface area contributed by atoms with Crippen LogP contribution in [-0.4, -0.2) is 24.7 Å². The summed E-state index contributed by atoms with van der Waals surface area (Å²) in [6, 6.07) is 5.90. The first-order valence-corrected chi connectivity index (χ1v) is 7.00. The molecule has 20 heavy (non-hydrogen) atoms. The summed E-state index contributed by atoms with van der Waals surface area (Å²) < 4.78 is 11.1. The Kier molecular flexibility index (Phi) is 5.04. The highest BCUT2D eigenvalue weighted by Gasteiger charge is 2.12. The number of hydrogen-bond donors (Lipinski definition) is 1. The van der Waals surface area contributed by atoms with Crippen LogP contribution in [0.15, 0.2) is 28.8 Å². The van der Waals surface area contributed by atoms with Gasteiger partial charge in [-0.05, 0) is 18.2 Å². The predicted molar refractivity (Wildman–Crippen MR) is 80.3 cm³/mol. The van der Waals surface area contributed by atoms with Crippen LogP contribution in [0.25, 0.3) is 11.3 Å². The lowest BCUT2D eigenvalue weighted by molar-refractivity contribution is 0.413. The van der Waals surface area contributed by atoms with Gasteiger partial charge in [-0.15, -0.1) is 0 Å². The van der Waals surface area contributed by atoms with Crippen LogP contribution >= 0.6 is 11.6 Å². The highest BCUT2D eigenvalue weighted by atomic mass is 35.5. The molecule has 0 aliphatic carbocycles. The molecule has 0 unspecified atom stereocenters. The molecule has 5 heteroatoms. The number of oxazole rings is 1. The molecule has 0 atom stereocenters. The fourth-order valence-corrected chi connectivity index (χ4v) is 2.05. The van der Waals surface area contributed by atoms with Crippen LogP contribution < -0.4 is 10.1 Å². The molecular formula is C15H19ClN2O2. The molecule has 2 rings (SSSR count). The molecule has 0 radical (unpaired) electrons. The van der Waals surface area contributed by atoms with E-state index in [9.17, 15) is 0 Å². The van der Waals surface area contributed by atoms with E-state index in [4.69, 9.17) is 20.8 Å². The van der Waals surface area contributed by atoms with Gasteiger partial charge in [0.25, 0.3) is 0 Å². The molecule has 0 saturated heterocycles. The lowest BCUT2D eigenvalue weighted by Crippen LogP contribution is -2.24. The Bertz CT molecular complexity index is 567. The lowest BCUT2D eigenvalue weighted by Gasteiger charge is -2.06. The van der Waals surface area contributed by atoms with Crippen molar-refractivity contribution in [3.8, 4) is 17.1 Å². The number of rotatable bonds is 6. The van der Waals surface area contributed by atoms with Gasteiger partial charge in [0.1, 0.15) is 5.75 Å². The third kappa shape index (κ3) is 3.74. The third-order valence-electron chi connectivity index (χ3n) is 2.87. The zero-order valence-electron chi connectivity index (χ0n) is 11.9. The minimum absolute atomic E-state index is 0.459. The van der Waals surface area contributed by atoms with Gasteiger partial charge in [0.05, 0.1) is 18.9 Å². The summed E-state index contributed by atoms with van der Waals surface area (Å²) in [4.78, 5) is 4.29. The molecule has 0 saturated carbocycles. The third-order valence-corrected chi connectivity index (χ3v) is 3.11. The van der Waals surface area contributed by atoms with Crippen molar-refractivity contribution in [2.75, 3.05) is 13.7 Å². The van der Waals surface area contributed by atoms with Crippen molar-refractivity contribution in [2.24, 2.45) is 0 Å². The van der Waals surface area contributed by atoms with E-state index in [1.807, 2.05) is 12.1 Å². The Morgan fingerprint density at radius 1 is 1.40 bits per heavy atom. The number of benzene rings is 1. The molecule has 1 aromatic carbocycles. The Hall–Kier alpha value is -1.52. The van der Waals surface area contributed by atoms with Crippen molar-refractivity contribution in [3.05, 3.63) is 35.3 Å². The van der Waals surface area contributed by atoms with Gasteiger partial charge in [0.15, 0.2) is 11.7 Å². The second-order valence-corrected chi connectivity index (χ2v) is 5.26. The Morgan fingerprint density at radius 2 is 2.20 bits per heavy atom. The van der Waals surface area contributed by atoms with Crippen molar-refractivity contribution in [1.29, 1.82) is 0 Å². The van der Waals surface area contributed by atoms with Crippen LogP contribution in [0.3, 0.4) is 0 Å². The van der Waals surface area contributed by atoms with Gasteiger partial charge in [-0.2, -0.15) is 0 Å². The maximum atomic E-state index is 5.95. The normalized spacial score (nSPS) is 11.1. The molecule has 1 heterocycles. The lowest BCUT2D eigenvalue weighted by atomic mass is 10.1. The first-order valence-electron chi connectivity index (χ1n) is 6.62. The molecular weight excluding hydrogens is 276 g/mol. The maximum Gasteiger partial charge on any atom is 0.196 e. The van der Waals surface area contributed by atoms with Crippen molar-refractivity contribution in [3.63, 3.8) is 0 Å². The number of ether oxygens (including phenoxy) is 1. The molecule has 0 aliphatic heterocycles. The number of hydrogen-bond acceptors (Lipinski definition) is 4. The van der Waals surface area contributed by atoms with Crippen molar-refractivity contribution in [2.45, 2.75) is 26.3 Å². The summed E-state index contributed by atoms with van der Waals surface area (Å²) in [5.41, 5.74) is 0.854. The van der Waals surface area contributed by atoms with E-state index in [2.05, 4.69) is 24.1 Å². The predicted octanol–water partition coefficient (Wildman–Crippen LogP) is 3.54. The monoisotopic (exact) mass is 294 g/mol. The van der Waals surface area contributed by atoms with Crippen LogP contribution in [0.2, 0.25) is 5.02 Å². The van der Waals surface area contributed by atoms with E-state index in [0.29, 0.717) is 28.5 Å². The fourth-order valence-electron chi connectivity index (χ4n) is 1.89. The van der Waals surface area contributed by atoms with Crippen LogP contribution in [0, 0.1) is 0 Å². The summed E-state index contributed by atoms with van der Waals surface area (Å²) in [7, 11) is 1.61. The zero-order valence-corrected chi connectivity index (χ0v) is 12.7. The van der Waals surface area contributed by atoms with Crippen LogP contribution in [0.1, 0.15) is 19.7 Å². The summed E-state index contributed by atoms with van der Waals surface area (Å²) in [5.74, 6) is 2.09. The molecule has 108 valence electrons. The minimum Gasteiger partial charge on any atom is -0.496 e. The average Bonchev–Trinajstić information content (AvgIpc) is 2.86. The largest absolute Gasteiger partial charge is 0.496 e. The fraction of sp³-hybridized carbons (Fsp3) is 0.400. The second kappa shape index (κ2) is 6.77. The van der Waals surface area contributed by atoms with Crippen LogP contribution in [0.5, 0.6) is 5.75 Å². The maximum absolute atomic E-state index is 5.95. The number of nitrogens with zero attached hydrogens (tertiary/aromatic N) is 1. The standard InChI is InChI=1S/C15H19ClN2O2/c1-10(2)17-7-6-15-18-9-14(20-15)12-5-4-11(16)8-13(12)19-3/h4-5,8-10,17H,6-7H2,1-3H3. The molecule has 0 spiro atoms. The molecule has 4 nitrogen and oxygen atoms in total. The Labute approximate surface area is 124 Å². The van der Waals surface area contributed by atoms with Gasteiger partial charge in [-0.25, -0.2) is 4.98 Å². The van der Waals surface area contributed by atoms with Crippen LogP contribution in [-0.2, 0) is 6.42 Å². The van der Waals surface area contributed by atoms with E-state index in [1.54, 1.807) is 19.4 Å². The van der Waals surface area contributed by atoms with Crippen molar-refractivity contribution >= 4 is 11.6 Å². The van der Waals surface area contributed by atoms with E-state index < -0.39 is 0 Å². The van der Waals surface area contributed by atoms with Gasteiger partial charge in [-0.1, -0.05) is 25.4 Å². The van der Waals surface area contributed by atoms with Gasteiger partial charge >= 0.3 is 0 Å². The highest BCUT2D eigenvalue weighted by Crippen LogP contribution is 2.32. The van der Waals surface area contributed by atoms with Crippen molar-refractivity contribution in [1.82, 2.24) is 10.3 Å². The number of halogens is 1. The Balaban J connectivity index is 2.12. The number of methoxy groups -OCH3 is 1. The van der Waals surface area contributed by atoms with Gasteiger partial charge in [-0.3, -0.25) is 0 Å². The molecule has 0 amide bonds. The van der Waals surface area contributed by atoms with Crippen LogP contribution in [0.4, 0.5) is 0 Å². The second-order valence-electron chi connectivity index (χ2n) is 4.82. The summed E-state index contributed by atoms with van der Waals surface area (Å²) in [5, 5.41) is 3.96. The van der Waals surface area contributed by atoms with E-state index >= 15 is 0 Å². The molecule has 1 aromatic heterocycles. The zero-order chi connectivity index (χ0) is 14.5. The summed E-state index contributed by atoms with van der Waals surface area (Å²) in [6.45, 7) is 5.06. The SMILES string of the molecule is COc1cc(Cl)ccc1-c1cnc(CCNC(C)C)o1. The first kappa shape index (κ1) is 14.9. The van der Waals surface area contributed by atoms with Gasteiger partial charge in [0.2, 0.25) is 0 Å². The van der Waals surface area contributed by atoms with Gasteiger partial charge in [0, 0.05) is 24.0 Å². The molecule has 2 aromatic rings. The van der Waals surface area contributed by atoms with E-state index in [0.717, 1.165) is 18.5 Å². The van der Waals surface area contributed by atoms with Gasteiger partial charge < -0.3 is 14.5 Å². The average molecular weight is 295 g/mol. The van der Waals surface area contributed by atoms with E-state index in [1.165, 1.54) is 0 Å². The number of aromatic nitrogens is 1. The quantitative estimate of drug-likeness (QED) is 0.885. The molecule has 0 fully saturated rings. The molecule has 0 bridgehead atoms. The number of nitrogens with one attached hydrogen (secondary N) is 1. The highest BCUT2D eigenvalue weighted by molar-refractivity contribution is 6.30.